The van der Waals surface area contributed by atoms with E-state index in [1.807, 2.05) is 0 Å². The third-order valence-corrected chi connectivity index (χ3v) is 5.38. The molecule has 1 nitrogen and oxygen atoms in total. The van der Waals surface area contributed by atoms with E-state index >= 15 is 0 Å². The van der Waals surface area contributed by atoms with Crippen molar-refractivity contribution < 1.29 is 4.79 Å². The van der Waals surface area contributed by atoms with Crippen LogP contribution >= 0.6 is 0 Å². The molecule has 0 N–H and O–H groups in total. The molecule has 0 aromatic carbocycles. The average Bonchev–Trinajstić information content (AvgIpc) is 2.23. The monoisotopic (exact) mass is 208 g/mol. The van der Waals surface area contributed by atoms with Crippen LogP contribution in [0.15, 0.2) is 0 Å². The number of carbonyl (C=O) groups excluding carboxylic acids is 1. The summed E-state index contributed by atoms with van der Waals surface area (Å²) in [6.07, 6.45) is 7.16. The van der Waals surface area contributed by atoms with Gasteiger partial charge in [-0.05, 0) is 37.0 Å². The fraction of sp³-hybridized carbons (Fsp3) is 0.929. The first-order chi connectivity index (χ1) is 7.10. The third kappa shape index (κ3) is 1.55. The second kappa shape index (κ2) is 3.92. The van der Waals surface area contributed by atoms with Crippen molar-refractivity contribution >= 4 is 5.78 Å². The van der Waals surface area contributed by atoms with Crippen LogP contribution in [0.5, 0.6) is 0 Å². The summed E-state index contributed by atoms with van der Waals surface area (Å²) in [7, 11) is 0. The molecule has 0 aliphatic heterocycles. The minimum absolute atomic E-state index is 0.0250. The lowest BCUT2D eigenvalue weighted by molar-refractivity contribution is -0.145. The van der Waals surface area contributed by atoms with Gasteiger partial charge in [-0.2, -0.15) is 0 Å². The second-order valence-corrected chi connectivity index (χ2v) is 5.85. The summed E-state index contributed by atoms with van der Waals surface area (Å²) in [4.78, 5) is 12.2. The number of fused-ring (bicyclic) bond motifs is 1. The van der Waals surface area contributed by atoms with Crippen LogP contribution in [-0.4, -0.2) is 5.78 Å². The van der Waals surface area contributed by atoms with Crippen molar-refractivity contribution in [2.45, 2.75) is 59.3 Å². The minimum Gasteiger partial charge on any atom is -0.299 e. The van der Waals surface area contributed by atoms with E-state index in [-0.39, 0.29) is 5.41 Å². The van der Waals surface area contributed by atoms with Crippen molar-refractivity contribution in [3.63, 3.8) is 0 Å². The molecule has 2 aliphatic rings. The molecular formula is C14H24O. The fourth-order valence-electron chi connectivity index (χ4n) is 4.09. The zero-order chi connectivity index (χ0) is 11.1. The number of rotatable bonds is 1. The Morgan fingerprint density at radius 2 is 2.07 bits per heavy atom. The molecule has 0 saturated heterocycles. The summed E-state index contributed by atoms with van der Waals surface area (Å²) < 4.78 is 0. The molecule has 1 heteroatoms. The van der Waals surface area contributed by atoms with Crippen LogP contribution in [-0.2, 0) is 4.79 Å². The number of carbonyl (C=O) groups is 1. The maximum absolute atomic E-state index is 12.2. The molecule has 0 aromatic rings. The summed E-state index contributed by atoms with van der Waals surface area (Å²) in [6, 6.07) is 0. The average molecular weight is 208 g/mol. The van der Waals surface area contributed by atoms with Crippen LogP contribution in [0.1, 0.15) is 59.3 Å². The van der Waals surface area contributed by atoms with Crippen LogP contribution in [0.4, 0.5) is 0 Å². The highest BCUT2D eigenvalue weighted by atomic mass is 16.1. The Hall–Kier alpha value is -0.330. The Kier molecular flexibility index (Phi) is 2.92. The molecule has 4 unspecified atom stereocenters. The summed E-state index contributed by atoms with van der Waals surface area (Å²) in [5.41, 5.74) is 0.0250. The quantitative estimate of drug-likeness (QED) is 0.640. The molecule has 2 aliphatic carbocycles. The molecule has 0 amide bonds. The van der Waals surface area contributed by atoms with Gasteiger partial charge in [-0.1, -0.05) is 33.6 Å². The van der Waals surface area contributed by atoms with Gasteiger partial charge >= 0.3 is 0 Å². The highest BCUT2D eigenvalue weighted by Crippen LogP contribution is 2.54. The van der Waals surface area contributed by atoms with Gasteiger partial charge in [0.1, 0.15) is 5.78 Å². The smallest absolute Gasteiger partial charge is 0.139 e. The lowest BCUT2D eigenvalue weighted by Crippen LogP contribution is -2.50. The minimum atomic E-state index is 0.0250. The summed E-state index contributed by atoms with van der Waals surface area (Å²) >= 11 is 0. The van der Waals surface area contributed by atoms with E-state index in [9.17, 15) is 4.79 Å². The fourth-order valence-corrected chi connectivity index (χ4v) is 4.09. The van der Waals surface area contributed by atoms with Gasteiger partial charge in [0.25, 0.3) is 0 Å². The van der Waals surface area contributed by atoms with Crippen LogP contribution in [0.2, 0.25) is 0 Å². The van der Waals surface area contributed by atoms with Gasteiger partial charge in [0.2, 0.25) is 0 Å². The van der Waals surface area contributed by atoms with Crippen LogP contribution < -0.4 is 0 Å². The van der Waals surface area contributed by atoms with Gasteiger partial charge < -0.3 is 0 Å². The first-order valence-corrected chi connectivity index (χ1v) is 6.64. The van der Waals surface area contributed by atoms with Crippen molar-refractivity contribution in [2.24, 2.45) is 23.2 Å². The predicted octanol–water partition coefficient (Wildman–Crippen LogP) is 3.82. The van der Waals surface area contributed by atoms with Crippen molar-refractivity contribution in [1.82, 2.24) is 0 Å². The van der Waals surface area contributed by atoms with Gasteiger partial charge in [0, 0.05) is 11.8 Å². The molecule has 2 saturated carbocycles. The van der Waals surface area contributed by atoms with Gasteiger partial charge in [0.15, 0.2) is 0 Å². The number of Topliss-reactive ketones (excluding diaryl/α,β-unsaturated/α-hetero) is 1. The Labute approximate surface area is 93.6 Å². The van der Waals surface area contributed by atoms with E-state index in [0.717, 1.165) is 18.8 Å². The SMILES string of the molecule is CCC1CCC(=O)C2(C)C(C)CCCC12. The Morgan fingerprint density at radius 3 is 2.73 bits per heavy atom. The molecule has 2 rings (SSSR count). The molecule has 4 atom stereocenters. The summed E-state index contributed by atoms with van der Waals surface area (Å²) in [5, 5.41) is 0. The third-order valence-electron chi connectivity index (χ3n) is 5.38. The van der Waals surface area contributed by atoms with Crippen molar-refractivity contribution in [3.05, 3.63) is 0 Å². The maximum Gasteiger partial charge on any atom is 0.139 e. The van der Waals surface area contributed by atoms with E-state index < -0.39 is 0 Å². The number of ketones is 1. The van der Waals surface area contributed by atoms with Crippen LogP contribution in [0.3, 0.4) is 0 Å². The highest BCUT2D eigenvalue weighted by molar-refractivity contribution is 5.86. The van der Waals surface area contributed by atoms with E-state index in [1.54, 1.807) is 0 Å². The predicted molar refractivity (Wildman–Crippen MR) is 62.6 cm³/mol. The van der Waals surface area contributed by atoms with Gasteiger partial charge in [0.05, 0.1) is 0 Å². The molecule has 0 heterocycles. The van der Waals surface area contributed by atoms with Gasteiger partial charge in [-0.15, -0.1) is 0 Å². The Balaban J connectivity index is 2.30. The first-order valence-electron chi connectivity index (χ1n) is 6.64. The largest absolute Gasteiger partial charge is 0.299 e. The van der Waals surface area contributed by atoms with Gasteiger partial charge in [-0.25, -0.2) is 0 Å². The highest BCUT2D eigenvalue weighted by Gasteiger charge is 2.51. The zero-order valence-corrected chi connectivity index (χ0v) is 10.4. The number of hydrogen-bond acceptors (Lipinski definition) is 1. The second-order valence-electron chi connectivity index (χ2n) is 5.85. The topological polar surface area (TPSA) is 17.1 Å². The Bertz CT molecular complexity index is 258. The maximum atomic E-state index is 12.2. The van der Waals surface area contributed by atoms with E-state index in [2.05, 4.69) is 20.8 Å². The molecule has 2 fully saturated rings. The summed E-state index contributed by atoms with van der Waals surface area (Å²) in [6.45, 7) is 6.84. The normalized spacial score (nSPS) is 46.3. The molecule has 0 radical (unpaired) electrons. The lowest BCUT2D eigenvalue weighted by Gasteiger charge is -2.51. The molecule has 15 heavy (non-hydrogen) atoms. The van der Waals surface area contributed by atoms with Gasteiger partial charge in [-0.3, -0.25) is 4.79 Å². The van der Waals surface area contributed by atoms with Crippen LogP contribution in [0, 0.1) is 23.2 Å². The van der Waals surface area contributed by atoms with Crippen LogP contribution in [0.25, 0.3) is 0 Å². The number of hydrogen-bond donors (Lipinski definition) is 0. The molecular weight excluding hydrogens is 184 g/mol. The zero-order valence-electron chi connectivity index (χ0n) is 10.4. The standard InChI is InChI=1S/C14H24O/c1-4-11-8-9-13(15)14(3)10(2)6-5-7-12(11)14/h10-12H,4-9H2,1-3H3. The molecule has 0 bridgehead atoms. The summed E-state index contributed by atoms with van der Waals surface area (Å²) in [5.74, 6) is 2.67. The Morgan fingerprint density at radius 1 is 1.33 bits per heavy atom. The molecule has 0 spiro atoms. The van der Waals surface area contributed by atoms with E-state index in [4.69, 9.17) is 0 Å². The first kappa shape index (κ1) is 11.2. The van der Waals surface area contributed by atoms with Crippen molar-refractivity contribution in [3.8, 4) is 0 Å². The molecule has 0 aromatic heterocycles. The van der Waals surface area contributed by atoms with Crippen molar-refractivity contribution in [2.75, 3.05) is 0 Å². The lowest BCUT2D eigenvalue weighted by atomic mass is 9.52. The molecule has 86 valence electrons. The van der Waals surface area contributed by atoms with E-state index in [1.165, 1.54) is 25.7 Å². The van der Waals surface area contributed by atoms with Crippen molar-refractivity contribution in [1.29, 1.82) is 0 Å². The van der Waals surface area contributed by atoms with E-state index in [0.29, 0.717) is 17.6 Å².